The van der Waals surface area contributed by atoms with E-state index in [1.165, 1.54) is 0 Å². The van der Waals surface area contributed by atoms with E-state index in [2.05, 4.69) is 16.0 Å². The number of nitrogens with zero attached hydrogens (tertiary/aromatic N) is 1. The Hall–Kier alpha value is -2.04. The van der Waals surface area contributed by atoms with Gasteiger partial charge in [-0.2, -0.15) is 0 Å². The van der Waals surface area contributed by atoms with Crippen LogP contribution in [0.4, 0.5) is 4.79 Å². The molecule has 2 aliphatic heterocycles. The molecule has 0 bridgehead atoms. The molecule has 0 aromatic heterocycles. The SMILES string of the molecule is CCOC(=O)CCCCCCCC1([N+]2(CCO)CCNCC2)C(=O)NC(=O)NC1=O. The number of hydrogen-bond acceptors (Lipinski definition) is 7. The van der Waals surface area contributed by atoms with E-state index in [4.69, 9.17) is 4.74 Å². The van der Waals surface area contributed by atoms with Gasteiger partial charge in [0.05, 0.1) is 26.3 Å². The Bertz CT molecular complexity index is 607. The van der Waals surface area contributed by atoms with Gasteiger partial charge in [0.15, 0.2) is 0 Å². The van der Waals surface area contributed by atoms with E-state index >= 15 is 0 Å². The molecule has 4 N–H and O–H groups in total. The Balaban J connectivity index is 2.03. The number of ether oxygens (including phenoxy) is 1. The summed E-state index contributed by atoms with van der Waals surface area (Å²) in [6, 6.07) is -0.795. The summed E-state index contributed by atoms with van der Waals surface area (Å²) < 4.78 is 5.06. The number of rotatable bonds is 12. The van der Waals surface area contributed by atoms with Crippen LogP contribution in [0.5, 0.6) is 0 Å². The first-order valence-electron chi connectivity index (χ1n) is 10.9. The van der Waals surface area contributed by atoms with Crippen molar-refractivity contribution in [3.8, 4) is 0 Å². The number of urea groups is 1. The topological polar surface area (TPSA) is 134 Å². The molecule has 10 nitrogen and oxygen atoms in total. The van der Waals surface area contributed by atoms with Crippen LogP contribution in [0.1, 0.15) is 51.9 Å². The second-order valence-electron chi connectivity index (χ2n) is 7.96. The number of barbiturate groups is 1. The fourth-order valence-electron chi connectivity index (χ4n) is 4.67. The summed E-state index contributed by atoms with van der Waals surface area (Å²) in [6.07, 6.45) is 4.62. The van der Waals surface area contributed by atoms with E-state index < -0.39 is 23.4 Å². The number of hydrogen-bond donors (Lipinski definition) is 4. The number of piperazine rings is 1. The fourth-order valence-corrected chi connectivity index (χ4v) is 4.67. The summed E-state index contributed by atoms with van der Waals surface area (Å²) in [7, 11) is 0. The number of unbranched alkanes of at least 4 members (excludes halogenated alkanes) is 4. The molecule has 0 radical (unpaired) electrons. The number of quaternary nitrogens is 1. The fraction of sp³-hybridized carbons (Fsp3) is 0.800. The average molecular weight is 428 g/mol. The molecule has 10 heteroatoms. The lowest BCUT2D eigenvalue weighted by molar-refractivity contribution is -0.959. The highest BCUT2D eigenvalue weighted by Gasteiger charge is 2.64. The Morgan fingerprint density at radius 3 is 2.23 bits per heavy atom. The first kappa shape index (κ1) is 24.2. The zero-order valence-corrected chi connectivity index (χ0v) is 17.8. The van der Waals surface area contributed by atoms with Gasteiger partial charge in [-0.1, -0.05) is 19.3 Å². The second-order valence-corrected chi connectivity index (χ2v) is 7.96. The highest BCUT2D eigenvalue weighted by Crippen LogP contribution is 2.34. The van der Waals surface area contributed by atoms with Crippen LogP contribution in [0.2, 0.25) is 0 Å². The Kier molecular flexibility index (Phi) is 9.19. The monoisotopic (exact) mass is 427 g/mol. The summed E-state index contributed by atoms with van der Waals surface area (Å²) in [4.78, 5) is 49.2. The highest BCUT2D eigenvalue weighted by atomic mass is 16.5. The predicted octanol–water partition coefficient (Wildman–Crippen LogP) is -0.203. The molecule has 0 spiro atoms. The molecule has 0 unspecified atom stereocenters. The van der Waals surface area contributed by atoms with Crippen molar-refractivity contribution in [1.82, 2.24) is 16.0 Å². The molecule has 0 aliphatic carbocycles. The third kappa shape index (κ3) is 5.35. The molecule has 170 valence electrons. The van der Waals surface area contributed by atoms with Gasteiger partial charge in [-0.3, -0.25) is 29.5 Å². The zero-order chi connectivity index (χ0) is 22.0. The molecule has 0 saturated carbocycles. The summed E-state index contributed by atoms with van der Waals surface area (Å²) in [5.41, 5.74) is -1.43. The lowest BCUT2D eigenvalue weighted by Crippen LogP contribution is -2.82. The minimum absolute atomic E-state index is 0.143. The first-order chi connectivity index (χ1) is 14.4. The molecular weight excluding hydrogens is 392 g/mol. The summed E-state index contributed by atoms with van der Waals surface area (Å²) in [5.74, 6) is -1.34. The minimum atomic E-state index is -1.43. The van der Waals surface area contributed by atoms with E-state index in [1.807, 2.05) is 0 Å². The molecule has 4 amide bonds. The van der Waals surface area contributed by atoms with E-state index in [9.17, 15) is 24.3 Å². The number of nitrogens with one attached hydrogen (secondary N) is 3. The number of imide groups is 2. The van der Waals surface area contributed by atoms with E-state index in [1.54, 1.807) is 6.92 Å². The van der Waals surface area contributed by atoms with Crippen LogP contribution in [0.15, 0.2) is 0 Å². The number of amides is 4. The highest BCUT2D eigenvalue weighted by molar-refractivity contribution is 6.21. The summed E-state index contributed by atoms with van der Waals surface area (Å²) in [6.45, 7) is 4.60. The standard InChI is InChI=1S/C20H34N4O6/c1-2-30-16(26)8-6-4-3-5-7-9-20(17(27)22-19(29)23-18(20)28)24(14-15-25)12-10-21-11-13-24/h21,25H,2-15H2,1H3,(H-,22,23,27,28,29)/p+1. The van der Waals surface area contributed by atoms with Gasteiger partial charge in [0, 0.05) is 25.9 Å². The summed E-state index contributed by atoms with van der Waals surface area (Å²) in [5, 5.41) is 17.5. The van der Waals surface area contributed by atoms with Crippen molar-refractivity contribution >= 4 is 23.8 Å². The lowest BCUT2D eigenvalue weighted by atomic mass is 9.82. The number of carbonyl (C=O) groups excluding carboxylic acids is 4. The average Bonchev–Trinajstić information content (AvgIpc) is 2.70. The Morgan fingerprint density at radius 2 is 1.63 bits per heavy atom. The zero-order valence-electron chi connectivity index (χ0n) is 17.8. The molecule has 2 heterocycles. The normalized spacial score (nSPS) is 20.4. The largest absolute Gasteiger partial charge is 0.466 e. The number of carbonyl (C=O) groups is 4. The smallest absolute Gasteiger partial charge is 0.328 e. The number of aliphatic hydroxyl groups excluding tert-OH is 1. The molecular formula is C20H35N4O6+. The van der Waals surface area contributed by atoms with E-state index in [0.29, 0.717) is 52.0 Å². The van der Waals surface area contributed by atoms with Gasteiger partial charge in [0.25, 0.3) is 17.4 Å². The van der Waals surface area contributed by atoms with Crippen LogP contribution in [0.3, 0.4) is 0 Å². The van der Waals surface area contributed by atoms with Crippen LogP contribution < -0.4 is 16.0 Å². The molecule has 2 rings (SSSR count). The molecule has 0 aromatic rings. The van der Waals surface area contributed by atoms with Crippen molar-refractivity contribution in [1.29, 1.82) is 0 Å². The maximum absolute atomic E-state index is 13.1. The predicted molar refractivity (Wildman–Crippen MR) is 108 cm³/mol. The maximum Gasteiger partial charge on any atom is 0.328 e. The van der Waals surface area contributed by atoms with Gasteiger partial charge in [-0.25, -0.2) is 4.79 Å². The van der Waals surface area contributed by atoms with Gasteiger partial charge in [-0.15, -0.1) is 0 Å². The molecule has 30 heavy (non-hydrogen) atoms. The van der Waals surface area contributed by atoms with Gasteiger partial charge in [-0.05, 0) is 19.8 Å². The third-order valence-electron chi connectivity index (χ3n) is 6.20. The van der Waals surface area contributed by atoms with Crippen molar-refractivity contribution in [2.75, 3.05) is 45.9 Å². The number of aliphatic hydroxyl groups is 1. The van der Waals surface area contributed by atoms with Crippen molar-refractivity contribution < 1.29 is 33.5 Å². The molecule has 2 aliphatic rings. The molecule has 0 aromatic carbocycles. The third-order valence-corrected chi connectivity index (χ3v) is 6.20. The van der Waals surface area contributed by atoms with Crippen LogP contribution >= 0.6 is 0 Å². The van der Waals surface area contributed by atoms with Crippen LogP contribution in [-0.2, 0) is 19.1 Å². The van der Waals surface area contributed by atoms with Crippen molar-refractivity contribution in [3.63, 3.8) is 0 Å². The van der Waals surface area contributed by atoms with E-state index in [0.717, 1.165) is 25.7 Å². The summed E-state index contributed by atoms with van der Waals surface area (Å²) >= 11 is 0. The Labute approximate surface area is 177 Å². The van der Waals surface area contributed by atoms with Crippen molar-refractivity contribution in [3.05, 3.63) is 0 Å². The van der Waals surface area contributed by atoms with Crippen LogP contribution in [0, 0.1) is 0 Å². The first-order valence-corrected chi connectivity index (χ1v) is 10.9. The van der Waals surface area contributed by atoms with Gasteiger partial charge in [0.2, 0.25) is 0 Å². The second kappa shape index (κ2) is 11.4. The maximum atomic E-state index is 13.1. The van der Waals surface area contributed by atoms with Crippen molar-refractivity contribution in [2.45, 2.75) is 57.4 Å². The van der Waals surface area contributed by atoms with Gasteiger partial charge in [0.1, 0.15) is 6.54 Å². The van der Waals surface area contributed by atoms with Gasteiger partial charge >= 0.3 is 12.0 Å². The van der Waals surface area contributed by atoms with E-state index in [-0.39, 0.29) is 23.6 Å². The quantitative estimate of drug-likeness (QED) is 0.147. The minimum Gasteiger partial charge on any atom is -0.466 e. The van der Waals surface area contributed by atoms with Gasteiger partial charge < -0.3 is 15.2 Å². The van der Waals surface area contributed by atoms with Crippen LogP contribution in [0.25, 0.3) is 0 Å². The Morgan fingerprint density at radius 1 is 1.03 bits per heavy atom. The molecule has 0 atom stereocenters. The molecule has 2 saturated heterocycles. The van der Waals surface area contributed by atoms with Crippen molar-refractivity contribution in [2.24, 2.45) is 0 Å². The number of esters is 1. The molecule has 2 fully saturated rings. The van der Waals surface area contributed by atoms with Crippen LogP contribution in [-0.4, -0.2) is 84.9 Å². The lowest BCUT2D eigenvalue weighted by Gasteiger charge is -2.53.